The minimum Gasteiger partial charge on any atom is -0.385 e. The molecule has 1 saturated carbocycles. The summed E-state index contributed by atoms with van der Waals surface area (Å²) in [6.07, 6.45) is 6.44. The molecule has 1 fully saturated rings. The molecule has 1 aliphatic carbocycles. The molecule has 0 heterocycles. The van der Waals surface area contributed by atoms with Crippen LogP contribution in [0.4, 0.5) is 0 Å². The first-order valence-electron chi connectivity index (χ1n) is 6.96. The van der Waals surface area contributed by atoms with E-state index in [0.717, 1.165) is 43.6 Å². The standard InChI is InChI=1S/C16H24O/c1-3-4-14-5-7-15(8-6-14)16(17)11-9-13(2)10-12-16/h5-8,13,17H,3-4,9-12H2,1-2H3. The fourth-order valence-corrected chi connectivity index (χ4v) is 2.80. The van der Waals surface area contributed by atoms with Crippen molar-refractivity contribution in [2.45, 2.75) is 58.0 Å². The number of aliphatic hydroxyl groups is 1. The van der Waals surface area contributed by atoms with Crippen molar-refractivity contribution >= 4 is 0 Å². The summed E-state index contributed by atoms with van der Waals surface area (Å²) in [4.78, 5) is 0. The van der Waals surface area contributed by atoms with Crippen LogP contribution < -0.4 is 0 Å². The Balaban J connectivity index is 2.10. The zero-order valence-corrected chi connectivity index (χ0v) is 11.1. The van der Waals surface area contributed by atoms with Crippen LogP contribution in [0, 0.1) is 5.92 Å². The number of hydrogen-bond acceptors (Lipinski definition) is 1. The predicted octanol–water partition coefficient (Wildman–Crippen LogP) is 4.04. The lowest BCUT2D eigenvalue weighted by Gasteiger charge is -2.35. The number of rotatable bonds is 3. The molecule has 0 radical (unpaired) electrons. The highest BCUT2D eigenvalue weighted by Crippen LogP contribution is 2.39. The van der Waals surface area contributed by atoms with Gasteiger partial charge in [0.25, 0.3) is 0 Å². The Labute approximate surface area is 105 Å². The summed E-state index contributed by atoms with van der Waals surface area (Å²) in [7, 11) is 0. The first-order valence-corrected chi connectivity index (χ1v) is 6.96. The van der Waals surface area contributed by atoms with Gasteiger partial charge in [-0.1, -0.05) is 44.5 Å². The summed E-state index contributed by atoms with van der Waals surface area (Å²) in [6.45, 7) is 4.48. The normalized spacial score (nSPS) is 29.2. The minimum absolute atomic E-state index is 0.558. The Hall–Kier alpha value is -0.820. The van der Waals surface area contributed by atoms with Gasteiger partial charge in [-0.3, -0.25) is 0 Å². The van der Waals surface area contributed by atoms with E-state index in [-0.39, 0.29) is 0 Å². The summed E-state index contributed by atoms with van der Waals surface area (Å²) in [5, 5.41) is 10.7. The molecule has 94 valence electrons. The molecule has 0 spiro atoms. The Morgan fingerprint density at radius 3 is 2.29 bits per heavy atom. The van der Waals surface area contributed by atoms with Gasteiger partial charge < -0.3 is 5.11 Å². The average Bonchev–Trinajstić information content (AvgIpc) is 2.35. The number of benzene rings is 1. The Kier molecular flexibility index (Phi) is 3.88. The molecule has 1 aliphatic rings. The average molecular weight is 232 g/mol. The lowest BCUT2D eigenvalue weighted by Crippen LogP contribution is -2.30. The third-order valence-electron chi connectivity index (χ3n) is 4.13. The summed E-state index contributed by atoms with van der Waals surface area (Å²) in [6, 6.07) is 8.60. The summed E-state index contributed by atoms with van der Waals surface area (Å²) in [5.74, 6) is 0.773. The summed E-state index contributed by atoms with van der Waals surface area (Å²) >= 11 is 0. The molecule has 0 aromatic heterocycles. The smallest absolute Gasteiger partial charge is 0.0896 e. The van der Waals surface area contributed by atoms with Gasteiger partial charge in [0, 0.05) is 0 Å². The van der Waals surface area contributed by atoms with E-state index >= 15 is 0 Å². The maximum atomic E-state index is 10.7. The van der Waals surface area contributed by atoms with Gasteiger partial charge in [0.05, 0.1) is 5.60 Å². The van der Waals surface area contributed by atoms with E-state index < -0.39 is 5.60 Å². The lowest BCUT2D eigenvalue weighted by molar-refractivity contribution is -0.0120. The zero-order valence-electron chi connectivity index (χ0n) is 11.1. The van der Waals surface area contributed by atoms with E-state index in [1.165, 1.54) is 12.0 Å². The van der Waals surface area contributed by atoms with Gasteiger partial charge in [0.15, 0.2) is 0 Å². The molecule has 1 N–H and O–H groups in total. The van der Waals surface area contributed by atoms with E-state index in [0.29, 0.717) is 0 Å². The molecule has 1 heteroatoms. The SMILES string of the molecule is CCCc1ccc(C2(O)CCC(C)CC2)cc1. The summed E-state index contributed by atoms with van der Waals surface area (Å²) in [5.41, 5.74) is 1.94. The van der Waals surface area contributed by atoms with Crippen LogP contribution in [0.25, 0.3) is 0 Å². The fourth-order valence-electron chi connectivity index (χ4n) is 2.80. The molecule has 0 aliphatic heterocycles. The van der Waals surface area contributed by atoms with Crippen LogP contribution in [-0.4, -0.2) is 5.11 Å². The topological polar surface area (TPSA) is 20.2 Å². The van der Waals surface area contributed by atoms with Crippen LogP contribution in [0.2, 0.25) is 0 Å². The van der Waals surface area contributed by atoms with Gasteiger partial charge in [-0.25, -0.2) is 0 Å². The highest BCUT2D eigenvalue weighted by atomic mass is 16.3. The zero-order chi connectivity index (χ0) is 12.3. The Morgan fingerprint density at radius 1 is 1.18 bits per heavy atom. The van der Waals surface area contributed by atoms with Crippen molar-refractivity contribution < 1.29 is 5.11 Å². The second-order valence-corrected chi connectivity index (χ2v) is 5.66. The van der Waals surface area contributed by atoms with Gasteiger partial charge in [-0.05, 0) is 49.1 Å². The van der Waals surface area contributed by atoms with Crippen molar-refractivity contribution in [2.75, 3.05) is 0 Å². The quantitative estimate of drug-likeness (QED) is 0.834. The van der Waals surface area contributed by atoms with Gasteiger partial charge in [-0.2, -0.15) is 0 Å². The molecule has 0 unspecified atom stereocenters. The second-order valence-electron chi connectivity index (χ2n) is 5.66. The van der Waals surface area contributed by atoms with Crippen LogP contribution >= 0.6 is 0 Å². The van der Waals surface area contributed by atoms with E-state index in [4.69, 9.17) is 0 Å². The van der Waals surface area contributed by atoms with E-state index in [9.17, 15) is 5.11 Å². The molecule has 0 atom stereocenters. The van der Waals surface area contributed by atoms with E-state index in [1.54, 1.807) is 0 Å². The van der Waals surface area contributed by atoms with Crippen molar-refractivity contribution in [3.63, 3.8) is 0 Å². The van der Waals surface area contributed by atoms with E-state index in [1.807, 2.05) is 0 Å². The fraction of sp³-hybridized carbons (Fsp3) is 0.625. The van der Waals surface area contributed by atoms with Crippen molar-refractivity contribution in [1.29, 1.82) is 0 Å². The molecule has 1 nitrogen and oxygen atoms in total. The van der Waals surface area contributed by atoms with Crippen molar-refractivity contribution in [1.82, 2.24) is 0 Å². The molecule has 1 aromatic carbocycles. The first-order chi connectivity index (χ1) is 8.14. The van der Waals surface area contributed by atoms with Crippen molar-refractivity contribution in [3.8, 4) is 0 Å². The maximum Gasteiger partial charge on any atom is 0.0896 e. The van der Waals surface area contributed by atoms with Crippen molar-refractivity contribution in [2.24, 2.45) is 5.92 Å². The molecule has 0 amide bonds. The third kappa shape index (κ3) is 2.90. The van der Waals surface area contributed by atoms with Crippen LogP contribution in [0.3, 0.4) is 0 Å². The van der Waals surface area contributed by atoms with Crippen LogP contribution in [0.15, 0.2) is 24.3 Å². The largest absolute Gasteiger partial charge is 0.385 e. The second kappa shape index (κ2) is 5.22. The molecule has 0 bridgehead atoms. The highest BCUT2D eigenvalue weighted by molar-refractivity contribution is 5.27. The minimum atomic E-state index is -0.558. The Morgan fingerprint density at radius 2 is 1.76 bits per heavy atom. The molecule has 2 rings (SSSR count). The van der Waals surface area contributed by atoms with Gasteiger partial charge in [0.2, 0.25) is 0 Å². The summed E-state index contributed by atoms with van der Waals surface area (Å²) < 4.78 is 0. The van der Waals surface area contributed by atoms with Crippen molar-refractivity contribution in [3.05, 3.63) is 35.4 Å². The predicted molar refractivity (Wildman–Crippen MR) is 72.0 cm³/mol. The van der Waals surface area contributed by atoms with Gasteiger partial charge in [-0.15, -0.1) is 0 Å². The first kappa shape index (κ1) is 12.6. The number of aryl methyl sites for hydroxylation is 1. The number of hydrogen-bond donors (Lipinski definition) is 1. The van der Waals surface area contributed by atoms with Gasteiger partial charge in [0.1, 0.15) is 0 Å². The monoisotopic (exact) mass is 232 g/mol. The third-order valence-corrected chi connectivity index (χ3v) is 4.13. The molecule has 17 heavy (non-hydrogen) atoms. The lowest BCUT2D eigenvalue weighted by atomic mass is 9.76. The van der Waals surface area contributed by atoms with Crippen LogP contribution in [0.5, 0.6) is 0 Å². The Bertz CT molecular complexity index is 344. The maximum absolute atomic E-state index is 10.7. The molecule has 0 saturated heterocycles. The van der Waals surface area contributed by atoms with Crippen LogP contribution in [0.1, 0.15) is 57.1 Å². The van der Waals surface area contributed by atoms with Crippen LogP contribution in [-0.2, 0) is 12.0 Å². The molecular weight excluding hydrogens is 208 g/mol. The molecule has 1 aromatic rings. The van der Waals surface area contributed by atoms with E-state index in [2.05, 4.69) is 38.1 Å². The van der Waals surface area contributed by atoms with Gasteiger partial charge >= 0.3 is 0 Å². The molecular formula is C16H24O. The highest BCUT2D eigenvalue weighted by Gasteiger charge is 2.33.